The molecule has 0 atom stereocenters. The van der Waals surface area contributed by atoms with Crippen LogP contribution in [0.5, 0.6) is 0 Å². The highest BCUT2D eigenvalue weighted by molar-refractivity contribution is 6.03. The van der Waals surface area contributed by atoms with Gasteiger partial charge in [0.05, 0.1) is 6.20 Å². The molecule has 5 rings (SSSR count). The molecule has 1 aliphatic heterocycles. The number of halogens is 1. The Kier molecular flexibility index (Phi) is 6.06. The molecule has 0 bridgehead atoms. The average molecular weight is 460 g/mol. The SMILES string of the molecule is CC(C)N1CCC(c2nc(C(=O)Nc3cc4cc(-c5cncc(F)c5)ccc4cn3)co2)CC1. The van der Waals surface area contributed by atoms with Gasteiger partial charge in [-0.15, -0.1) is 0 Å². The number of nitrogens with one attached hydrogen (secondary N) is 1. The summed E-state index contributed by atoms with van der Waals surface area (Å²) in [6.07, 6.45) is 7.82. The van der Waals surface area contributed by atoms with Crippen LogP contribution in [0.1, 0.15) is 49.0 Å². The van der Waals surface area contributed by atoms with E-state index in [0.29, 0.717) is 23.3 Å². The molecule has 1 aromatic carbocycles. The second-order valence-electron chi connectivity index (χ2n) is 8.95. The van der Waals surface area contributed by atoms with Crippen LogP contribution in [0.3, 0.4) is 0 Å². The number of likely N-dealkylation sites (tertiary alicyclic amines) is 1. The zero-order chi connectivity index (χ0) is 23.7. The van der Waals surface area contributed by atoms with E-state index in [1.165, 1.54) is 18.5 Å². The van der Waals surface area contributed by atoms with Gasteiger partial charge in [-0.05, 0) is 68.9 Å². The fourth-order valence-electron chi connectivity index (χ4n) is 4.38. The van der Waals surface area contributed by atoms with Gasteiger partial charge in [-0.25, -0.2) is 14.4 Å². The molecule has 0 radical (unpaired) electrons. The molecular formula is C26H26FN5O2. The third-order valence-electron chi connectivity index (χ3n) is 6.37. The summed E-state index contributed by atoms with van der Waals surface area (Å²) >= 11 is 0. The van der Waals surface area contributed by atoms with Crippen molar-refractivity contribution < 1.29 is 13.6 Å². The van der Waals surface area contributed by atoms with Crippen LogP contribution in [-0.4, -0.2) is 44.9 Å². The number of hydrogen-bond acceptors (Lipinski definition) is 6. The summed E-state index contributed by atoms with van der Waals surface area (Å²) in [5.74, 6) is 0.492. The molecule has 4 aromatic rings. The van der Waals surface area contributed by atoms with Crippen LogP contribution >= 0.6 is 0 Å². The Balaban J connectivity index is 1.30. The Labute approximate surface area is 197 Å². The van der Waals surface area contributed by atoms with Gasteiger partial charge in [0, 0.05) is 35.3 Å². The molecule has 3 aromatic heterocycles. The molecule has 1 saturated heterocycles. The van der Waals surface area contributed by atoms with Gasteiger partial charge >= 0.3 is 0 Å². The number of carbonyl (C=O) groups excluding carboxylic acids is 1. The summed E-state index contributed by atoms with van der Waals surface area (Å²) in [7, 11) is 0. The van der Waals surface area contributed by atoms with E-state index in [1.807, 2.05) is 18.2 Å². The van der Waals surface area contributed by atoms with Crippen LogP contribution < -0.4 is 5.32 Å². The van der Waals surface area contributed by atoms with Crippen molar-refractivity contribution in [1.29, 1.82) is 0 Å². The topological polar surface area (TPSA) is 84.2 Å². The first-order chi connectivity index (χ1) is 16.5. The molecule has 34 heavy (non-hydrogen) atoms. The molecule has 1 fully saturated rings. The van der Waals surface area contributed by atoms with Crippen LogP contribution in [0.4, 0.5) is 10.2 Å². The van der Waals surface area contributed by atoms with Crippen molar-refractivity contribution in [3.05, 3.63) is 72.6 Å². The van der Waals surface area contributed by atoms with E-state index >= 15 is 0 Å². The van der Waals surface area contributed by atoms with E-state index in [4.69, 9.17) is 4.42 Å². The largest absolute Gasteiger partial charge is 0.448 e. The van der Waals surface area contributed by atoms with Crippen LogP contribution in [-0.2, 0) is 0 Å². The number of hydrogen-bond donors (Lipinski definition) is 1. The van der Waals surface area contributed by atoms with Crippen molar-refractivity contribution in [1.82, 2.24) is 19.9 Å². The standard InChI is InChI=1S/C26H26FN5O2/c1-16(2)32-7-5-17(6-8-32)26-30-23(15-34-26)25(33)31-24-11-20-9-18(3-4-19(20)13-29-24)21-10-22(27)14-28-12-21/h3-4,9-17H,5-8H2,1-2H3,(H,29,31,33). The number of carbonyl (C=O) groups is 1. The van der Waals surface area contributed by atoms with E-state index < -0.39 is 5.82 Å². The van der Waals surface area contributed by atoms with Crippen molar-refractivity contribution in [3.63, 3.8) is 0 Å². The monoisotopic (exact) mass is 459 g/mol. The minimum absolute atomic E-state index is 0.228. The minimum atomic E-state index is -0.391. The quantitative estimate of drug-likeness (QED) is 0.438. The van der Waals surface area contributed by atoms with Crippen LogP contribution in [0, 0.1) is 5.82 Å². The lowest BCUT2D eigenvalue weighted by atomic mass is 9.96. The number of fused-ring (bicyclic) bond motifs is 1. The maximum atomic E-state index is 13.6. The Hall–Kier alpha value is -3.65. The van der Waals surface area contributed by atoms with Crippen LogP contribution in [0.15, 0.2) is 59.6 Å². The molecule has 4 heterocycles. The highest BCUT2D eigenvalue weighted by Gasteiger charge is 2.26. The first-order valence-corrected chi connectivity index (χ1v) is 11.5. The van der Waals surface area contributed by atoms with Gasteiger partial charge in [-0.2, -0.15) is 0 Å². The van der Waals surface area contributed by atoms with E-state index in [0.717, 1.165) is 42.3 Å². The fourth-order valence-corrected chi connectivity index (χ4v) is 4.38. The van der Waals surface area contributed by atoms with Crippen molar-refractivity contribution >= 4 is 22.5 Å². The first kappa shape index (κ1) is 22.2. The lowest BCUT2D eigenvalue weighted by Crippen LogP contribution is -2.37. The number of aromatic nitrogens is 3. The van der Waals surface area contributed by atoms with Crippen LogP contribution in [0.2, 0.25) is 0 Å². The lowest BCUT2D eigenvalue weighted by molar-refractivity contribution is 0.102. The molecule has 1 amide bonds. The van der Waals surface area contributed by atoms with Gasteiger partial charge < -0.3 is 14.6 Å². The van der Waals surface area contributed by atoms with E-state index in [2.05, 4.69) is 39.0 Å². The van der Waals surface area contributed by atoms with E-state index in [-0.39, 0.29) is 17.5 Å². The average Bonchev–Trinajstić information content (AvgIpc) is 3.34. The minimum Gasteiger partial charge on any atom is -0.448 e. The number of piperidine rings is 1. The van der Waals surface area contributed by atoms with Gasteiger partial charge in [0.2, 0.25) is 0 Å². The van der Waals surface area contributed by atoms with Gasteiger partial charge in [-0.1, -0.05) is 12.1 Å². The molecule has 174 valence electrons. The molecule has 0 unspecified atom stereocenters. The second-order valence-corrected chi connectivity index (χ2v) is 8.95. The predicted molar refractivity (Wildman–Crippen MR) is 128 cm³/mol. The summed E-state index contributed by atoms with van der Waals surface area (Å²) in [4.78, 5) is 27.9. The molecule has 1 N–H and O–H groups in total. The number of anilines is 1. The normalized spacial score (nSPS) is 15.2. The molecule has 0 aliphatic carbocycles. The maximum absolute atomic E-state index is 13.6. The summed E-state index contributed by atoms with van der Waals surface area (Å²) in [5, 5.41) is 4.57. The summed E-state index contributed by atoms with van der Waals surface area (Å²) in [5.41, 5.74) is 1.74. The highest BCUT2D eigenvalue weighted by Crippen LogP contribution is 2.29. The van der Waals surface area contributed by atoms with Gasteiger partial charge in [0.1, 0.15) is 17.9 Å². The summed E-state index contributed by atoms with van der Waals surface area (Å²) < 4.78 is 19.2. The Morgan fingerprint density at radius 3 is 2.68 bits per heavy atom. The number of oxazole rings is 1. The Morgan fingerprint density at radius 1 is 1.09 bits per heavy atom. The molecule has 0 spiro atoms. The van der Waals surface area contributed by atoms with E-state index in [9.17, 15) is 9.18 Å². The second kappa shape index (κ2) is 9.30. The van der Waals surface area contributed by atoms with Crippen molar-refractivity contribution in [3.8, 4) is 11.1 Å². The smallest absolute Gasteiger partial charge is 0.278 e. The van der Waals surface area contributed by atoms with Gasteiger partial charge in [0.15, 0.2) is 11.6 Å². The van der Waals surface area contributed by atoms with Crippen molar-refractivity contribution in [2.24, 2.45) is 0 Å². The van der Waals surface area contributed by atoms with E-state index in [1.54, 1.807) is 18.5 Å². The Bertz CT molecular complexity index is 1330. The Morgan fingerprint density at radius 2 is 1.91 bits per heavy atom. The van der Waals surface area contributed by atoms with Crippen LogP contribution in [0.25, 0.3) is 21.9 Å². The third-order valence-corrected chi connectivity index (χ3v) is 6.37. The number of rotatable bonds is 5. The number of amides is 1. The molecule has 1 aliphatic rings. The van der Waals surface area contributed by atoms with Gasteiger partial charge in [0.25, 0.3) is 5.91 Å². The summed E-state index contributed by atoms with van der Waals surface area (Å²) in [6, 6.07) is 9.46. The number of pyridine rings is 2. The summed E-state index contributed by atoms with van der Waals surface area (Å²) in [6.45, 7) is 6.41. The number of benzene rings is 1. The molecule has 8 heteroatoms. The third kappa shape index (κ3) is 4.68. The number of nitrogens with zero attached hydrogens (tertiary/aromatic N) is 4. The zero-order valence-electron chi connectivity index (χ0n) is 19.2. The first-order valence-electron chi connectivity index (χ1n) is 11.5. The zero-order valence-corrected chi connectivity index (χ0v) is 19.2. The van der Waals surface area contributed by atoms with Crippen molar-refractivity contribution in [2.45, 2.75) is 38.6 Å². The molecular weight excluding hydrogens is 433 g/mol. The lowest BCUT2D eigenvalue weighted by Gasteiger charge is -2.33. The molecule has 7 nitrogen and oxygen atoms in total. The molecule has 0 saturated carbocycles. The van der Waals surface area contributed by atoms with Gasteiger partial charge in [-0.3, -0.25) is 9.78 Å². The highest BCUT2D eigenvalue weighted by atomic mass is 19.1. The fraction of sp³-hybridized carbons (Fsp3) is 0.308. The predicted octanol–water partition coefficient (Wildman–Crippen LogP) is 5.26. The van der Waals surface area contributed by atoms with Crippen molar-refractivity contribution in [2.75, 3.05) is 18.4 Å². The maximum Gasteiger partial charge on any atom is 0.278 e.